The van der Waals surface area contributed by atoms with Crippen molar-refractivity contribution in [2.45, 2.75) is 95.1 Å². The van der Waals surface area contributed by atoms with E-state index >= 15 is 0 Å². The molecule has 1 aromatic heterocycles. The van der Waals surface area contributed by atoms with E-state index in [0.29, 0.717) is 0 Å². The largest absolute Gasteiger partial charge is 0.416 e. The maximum Gasteiger partial charge on any atom is 0.416 e. The fourth-order valence-corrected chi connectivity index (χ4v) is 5.41. The highest BCUT2D eigenvalue weighted by molar-refractivity contribution is 6.04. The first-order chi connectivity index (χ1) is 18.4. The summed E-state index contributed by atoms with van der Waals surface area (Å²) in [5, 5.41) is 16.0. The zero-order valence-corrected chi connectivity index (χ0v) is 22.6. The van der Waals surface area contributed by atoms with Gasteiger partial charge in [-0.1, -0.05) is 52.2 Å². The monoisotopic (exact) mass is 546 g/mol. The number of amides is 2. The number of aliphatic hydroxyl groups excluding tert-OH is 1. The maximum atomic E-state index is 14.2. The average Bonchev–Trinajstić information content (AvgIpc) is 3.33. The number of pyridine rings is 1. The molecule has 2 amide bonds. The van der Waals surface area contributed by atoms with Crippen LogP contribution in [0.1, 0.15) is 82.0 Å². The number of aromatic nitrogens is 1. The molecular weight excluding hydrogens is 509 g/mol. The third kappa shape index (κ3) is 6.78. The number of rotatable bonds is 6. The number of anilines is 1. The van der Waals surface area contributed by atoms with Crippen LogP contribution >= 0.6 is 0 Å². The number of nitrogens with zero attached hydrogens (tertiary/aromatic N) is 2. The van der Waals surface area contributed by atoms with Crippen molar-refractivity contribution in [3.8, 4) is 0 Å². The van der Waals surface area contributed by atoms with Crippen LogP contribution < -0.4 is 15.5 Å². The molecule has 1 aliphatic carbocycles. The summed E-state index contributed by atoms with van der Waals surface area (Å²) in [6.45, 7) is 6.26. The van der Waals surface area contributed by atoms with E-state index in [9.17, 15) is 27.9 Å². The fraction of sp³-hybridized carbons (Fsp3) is 0.552. The lowest BCUT2D eigenvalue weighted by Crippen LogP contribution is -2.52. The number of nitrogens with one attached hydrogen (secondary N) is 2. The second kappa shape index (κ2) is 11.6. The summed E-state index contributed by atoms with van der Waals surface area (Å²) in [6.07, 6.45) is 0.911. The molecule has 3 atom stereocenters. The minimum absolute atomic E-state index is 0.0888. The lowest BCUT2D eigenvalue weighted by molar-refractivity contribution is -0.139. The van der Waals surface area contributed by atoms with E-state index < -0.39 is 47.3 Å². The van der Waals surface area contributed by atoms with Gasteiger partial charge in [-0.3, -0.25) is 19.5 Å². The molecule has 0 radical (unpaired) electrons. The smallest absolute Gasteiger partial charge is 0.392 e. The van der Waals surface area contributed by atoms with Crippen molar-refractivity contribution < 1.29 is 27.9 Å². The Bertz CT molecular complexity index is 1160. The lowest BCUT2D eigenvalue weighted by atomic mass is 9.87. The molecule has 3 N–H and O–H groups in total. The van der Waals surface area contributed by atoms with Crippen molar-refractivity contribution in [3.05, 3.63) is 59.4 Å². The van der Waals surface area contributed by atoms with E-state index in [0.717, 1.165) is 61.0 Å². The summed E-state index contributed by atoms with van der Waals surface area (Å²) in [5.41, 5.74) is -0.366. The van der Waals surface area contributed by atoms with Crippen LogP contribution in [0.5, 0.6) is 0 Å². The number of carbonyl (C=O) groups excluding carboxylic acids is 2. The molecule has 0 bridgehead atoms. The molecule has 10 heteroatoms. The highest BCUT2D eigenvalue weighted by atomic mass is 19.4. The van der Waals surface area contributed by atoms with Crippen LogP contribution in [0, 0.1) is 0 Å². The van der Waals surface area contributed by atoms with Crippen LogP contribution in [-0.4, -0.2) is 46.6 Å². The molecular formula is C29H37F3N4O3. The average molecular weight is 547 g/mol. The highest BCUT2D eigenvalue weighted by Gasteiger charge is 2.44. The first kappa shape index (κ1) is 29.0. The number of hydrogen-bond donors (Lipinski definition) is 3. The van der Waals surface area contributed by atoms with Crippen molar-refractivity contribution >= 4 is 17.5 Å². The van der Waals surface area contributed by atoms with Gasteiger partial charge in [0.15, 0.2) is 0 Å². The Labute approximate surface area is 227 Å². The minimum Gasteiger partial charge on any atom is -0.392 e. The molecule has 3 unspecified atom stereocenters. The van der Waals surface area contributed by atoms with E-state index in [2.05, 4.69) is 15.6 Å². The summed E-state index contributed by atoms with van der Waals surface area (Å²) in [6, 6.07) is 5.11. The zero-order valence-electron chi connectivity index (χ0n) is 22.6. The van der Waals surface area contributed by atoms with Crippen LogP contribution in [0.4, 0.5) is 18.9 Å². The van der Waals surface area contributed by atoms with E-state index in [1.807, 2.05) is 32.9 Å². The number of aliphatic hydroxyl groups is 1. The molecule has 2 fully saturated rings. The number of β-amino-alcohol motifs (C(OH)–C–C–N with tert-alkyl or cyclic N) is 1. The summed E-state index contributed by atoms with van der Waals surface area (Å²) >= 11 is 0. The predicted octanol–water partition coefficient (Wildman–Crippen LogP) is 4.64. The molecule has 1 saturated heterocycles. The molecule has 1 aromatic carbocycles. The molecule has 39 heavy (non-hydrogen) atoms. The van der Waals surface area contributed by atoms with Gasteiger partial charge < -0.3 is 15.7 Å². The van der Waals surface area contributed by atoms with Gasteiger partial charge in [-0.2, -0.15) is 13.2 Å². The highest BCUT2D eigenvalue weighted by Crippen LogP contribution is 2.39. The topological polar surface area (TPSA) is 94.6 Å². The first-order valence-corrected chi connectivity index (χ1v) is 13.5. The number of hydrogen-bond acceptors (Lipinski definition) is 5. The Balaban J connectivity index is 1.85. The summed E-state index contributed by atoms with van der Waals surface area (Å²) in [7, 11) is 0. The predicted molar refractivity (Wildman–Crippen MR) is 142 cm³/mol. The molecule has 2 aliphatic rings. The van der Waals surface area contributed by atoms with Crippen molar-refractivity contribution in [1.29, 1.82) is 0 Å². The van der Waals surface area contributed by atoms with Crippen molar-refractivity contribution in [1.82, 2.24) is 15.6 Å². The van der Waals surface area contributed by atoms with Crippen LogP contribution in [0.25, 0.3) is 0 Å². The Kier molecular flexibility index (Phi) is 8.66. The Morgan fingerprint density at radius 2 is 1.74 bits per heavy atom. The van der Waals surface area contributed by atoms with Gasteiger partial charge in [-0.25, -0.2) is 0 Å². The van der Waals surface area contributed by atoms with Gasteiger partial charge in [-0.15, -0.1) is 0 Å². The number of halogens is 3. The van der Waals surface area contributed by atoms with Crippen molar-refractivity contribution in [2.24, 2.45) is 0 Å². The van der Waals surface area contributed by atoms with Gasteiger partial charge in [0, 0.05) is 36.2 Å². The molecule has 7 nitrogen and oxygen atoms in total. The standard InChI is InChI=1S/C29H37F3N4O3/c1-28(2,3)18-9-11-20(12-10-18)36(27(39)24-15-21(37)16-34-24)25(26(38)35-19-7-5-4-6-8-19)22-17-33-14-13-23(22)29(30,31)32/h9-14,17,19,21,24-25,34,37H,4-8,15-16H2,1-3H3,(H,35,38). The van der Waals surface area contributed by atoms with Gasteiger partial charge in [0.25, 0.3) is 0 Å². The van der Waals surface area contributed by atoms with E-state index in [4.69, 9.17) is 0 Å². The Hall–Kier alpha value is -2.98. The third-order valence-electron chi connectivity index (χ3n) is 7.56. The van der Waals surface area contributed by atoms with Crippen LogP contribution in [0.2, 0.25) is 0 Å². The summed E-state index contributed by atoms with van der Waals surface area (Å²) < 4.78 is 42.7. The molecule has 1 saturated carbocycles. The molecule has 2 heterocycles. The second-order valence-corrected chi connectivity index (χ2v) is 11.6. The third-order valence-corrected chi connectivity index (χ3v) is 7.56. The molecule has 4 rings (SSSR count). The fourth-order valence-electron chi connectivity index (χ4n) is 5.41. The van der Waals surface area contributed by atoms with Crippen LogP contribution in [-0.2, 0) is 21.2 Å². The maximum absolute atomic E-state index is 14.2. The van der Waals surface area contributed by atoms with E-state index in [1.54, 1.807) is 12.1 Å². The Morgan fingerprint density at radius 1 is 1.08 bits per heavy atom. The SMILES string of the molecule is CC(C)(C)c1ccc(N(C(=O)C2CC(O)CN2)C(C(=O)NC2CCCCC2)c2cnccc2C(F)(F)F)cc1. The number of alkyl halides is 3. The quantitative estimate of drug-likeness (QED) is 0.491. The second-order valence-electron chi connectivity index (χ2n) is 11.6. The molecule has 2 aromatic rings. The van der Waals surface area contributed by atoms with E-state index in [-0.39, 0.29) is 30.1 Å². The van der Waals surface area contributed by atoms with Gasteiger partial charge in [0.1, 0.15) is 6.04 Å². The minimum atomic E-state index is -4.77. The number of benzene rings is 1. The van der Waals surface area contributed by atoms with Gasteiger partial charge in [-0.05, 0) is 48.4 Å². The van der Waals surface area contributed by atoms with Gasteiger partial charge in [0.2, 0.25) is 11.8 Å². The first-order valence-electron chi connectivity index (χ1n) is 13.5. The molecule has 212 valence electrons. The van der Waals surface area contributed by atoms with Crippen molar-refractivity contribution in [2.75, 3.05) is 11.4 Å². The number of carbonyl (C=O) groups is 2. The van der Waals surface area contributed by atoms with E-state index in [1.165, 1.54) is 0 Å². The molecule has 0 spiro atoms. The normalized spacial score (nSPS) is 21.4. The van der Waals surface area contributed by atoms with Crippen LogP contribution in [0.3, 0.4) is 0 Å². The van der Waals surface area contributed by atoms with Crippen molar-refractivity contribution in [3.63, 3.8) is 0 Å². The van der Waals surface area contributed by atoms with Gasteiger partial charge >= 0.3 is 6.18 Å². The van der Waals surface area contributed by atoms with Crippen LogP contribution in [0.15, 0.2) is 42.7 Å². The lowest BCUT2D eigenvalue weighted by Gasteiger charge is -2.36. The molecule has 1 aliphatic heterocycles. The van der Waals surface area contributed by atoms with Gasteiger partial charge in [0.05, 0.1) is 17.7 Å². The zero-order chi connectivity index (χ0) is 28.4. The summed E-state index contributed by atoms with van der Waals surface area (Å²) in [5.74, 6) is -1.27. The Morgan fingerprint density at radius 3 is 2.31 bits per heavy atom. The summed E-state index contributed by atoms with van der Waals surface area (Å²) in [4.78, 5) is 33.0.